The van der Waals surface area contributed by atoms with Crippen molar-refractivity contribution in [3.8, 4) is 52.5 Å². The highest BCUT2D eigenvalue weighted by Gasteiger charge is 2.19. The molecule has 0 N–H and O–H groups in total. The summed E-state index contributed by atoms with van der Waals surface area (Å²) in [7, 11) is 0. The molecule has 56 heavy (non-hydrogen) atoms. The minimum atomic E-state index is 0.736. The van der Waals surface area contributed by atoms with Crippen LogP contribution < -0.4 is 0 Å². The quantitative estimate of drug-likeness (QED) is 0.0901. The van der Waals surface area contributed by atoms with Crippen molar-refractivity contribution in [3.05, 3.63) is 81.8 Å². The smallest absolute Gasteiger partial charge is 0.133 e. The van der Waals surface area contributed by atoms with Crippen molar-refractivity contribution >= 4 is 90.9 Å². The monoisotopic (exact) mass is 848 g/mol. The Morgan fingerprint density at radius 1 is 0.482 bits per heavy atom. The minimum Gasteiger partial charge on any atom is -0.252 e. The predicted octanol–water partition coefficient (Wildman–Crippen LogP) is 14.3. The van der Waals surface area contributed by atoms with E-state index in [0.717, 1.165) is 66.2 Å². The number of pyridine rings is 2. The molecule has 0 radical (unpaired) electrons. The van der Waals surface area contributed by atoms with Crippen LogP contribution in [0.4, 0.5) is 0 Å². The van der Waals surface area contributed by atoms with Gasteiger partial charge in [-0.3, -0.25) is 9.97 Å². The zero-order chi connectivity index (χ0) is 38.4. The third-order valence-electron chi connectivity index (χ3n) is 10.5. The summed E-state index contributed by atoms with van der Waals surface area (Å²) < 4.78 is 18.7. The van der Waals surface area contributed by atoms with Crippen LogP contribution in [0.5, 0.6) is 0 Å². The molecule has 8 heterocycles. The molecule has 0 aliphatic heterocycles. The molecule has 0 aliphatic carbocycles. The van der Waals surface area contributed by atoms with Gasteiger partial charge in [-0.2, -0.15) is 17.5 Å². The highest BCUT2D eigenvalue weighted by molar-refractivity contribution is 7.24. The number of rotatable bonds is 16. The third kappa shape index (κ3) is 8.59. The number of nitrogens with zero attached hydrogens (tertiary/aromatic N) is 6. The second-order valence-corrected chi connectivity index (χ2v) is 19.9. The van der Waals surface area contributed by atoms with Crippen molar-refractivity contribution in [2.24, 2.45) is 11.8 Å². The van der Waals surface area contributed by atoms with Gasteiger partial charge in [0, 0.05) is 41.7 Å². The van der Waals surface area contributed by atoms with E-state index < -0.39 is 0 Å². The van der Waals surface area contributed by atoms with Gasteiger partial charge in [-0.25, -0.2) is 0 Å². The standard InChI is InChI=1S/C44H44N6S6/c1-5-9-11-27(7-3)23-31-15-17-33(51-31)35-19-21-37(53-35)41-43-39(47-55-49-43)29(25-45-41)13-14-30-26-46-42(44-40(30)48-56-50-44)38-22-20-36(54-38)34-18-16-32(52-34)24-28(8-4)12-10-6-2/h15-22,25-28H,5-12,23-24H2,1-4H3. The van der Waals surface area contributed by atoms with Crippen molar-refractivity contribution in [3.63, 3.8) is 0 Å². The van der Waals surface area contributed by atoms with Crippen LogP contribution in [0.15, 0.2) is 60.9 Å². The van der Waals surface area contributed by atoms with Gasteiger partial charge in [0.1, 0.15) is 33.5 Å². The molecule has 8 aromatic heterocycles. The van der Waals surface area contributed by atoms with E-state index in [-0.39, 0.29) is 0 Å². The number of hydrogen-bond donors (Lipinski definition) is 0. The highest BCUT2D eigenvalue weighted by atomic mass is 32.1. The van der Waals surface area contributed by atoms with E-state index in [9.17, 15) is 0 Å². The fraction of sp³-hybridized carbons (Fsp3) is 0.364. The fourth-order valence-electron chi connectivity index (χ4n) is 7.11. The van der Waals surface area contributed by atoms with Crippen molar-refractivity contribution in [1.29, 1.82) is 0 Å². The second kappa shape index (κ2) is 18.3. The van der Waals surface area contributed by atoms with Gasteiger partial charge in [-0.15, -0.1) is 45.3 Å². The maximum absolute atomic E-state index is 4.89. The summed E-state index contributed by atoms with van der Waals surface area (Å²) in [4.78, 5) is 20.0. The average molecular weight is 849 g/mol. The van der Waals surface area contributed by atoms with E-state index in [0.29, 0.717) is 0 Å². The first-order valence-electron chi connectivity index (χ1n) is 19.7. The van der Waals surface area contributed by atoms with Crippen molar-refractivity contribution in [2.75, 3.05) is 0 Å². The number of hydrogen-bond acceptors (Lipinski definition) is 12. The molecular formula is C44H44N6S6. The van der Waals surface area contributed by atoms with Crippen LogP contribution in [0.2, 0.25) is 0 Å². The van der Waals surface area contributed by atoms with Crippen LogP contribution in [-0.2, 0) is 12.8 Å². The van der Waals surface area contributed by atoms with Crippen LogP contribution in [0.25, 0.3) is 62.7 Å². The summed E-state index contributed by atoms with van der Waals surface area (Å²) in [5, 5.41) is 0. The number of aromatic nitrogens is 6. The van der Waals surface area contributed by atoms with Gasteiger partial charge in [0.15, 0.2) is 0 Å². The van der Waals surface area contributed by atoms with Gasteiger partial charge in [0.2, 0.25) is 0 Å². The molecule has 286 valence electrons. The number of unbranched alkanes of at least 4 members (excludes halogenated alkanes) is 2. The maximum atomic E-state index is 4.89. The summed E-state index contributed by atoms with van der Waals surface area (Å²) in [5.74, 6) is 8.19. The molecule has 0 fully saturated rings. The van der Waals surface area contributed by atoms with Crippen LogP contribution in [0.3, 0.4) is 0 Å². The molecule has 0 saturated carbocycles. The molecule has 0 aliphatic rings. The molecule has 0 spiro atoms. The van der Waals surface area contributed by atoms with E-state index in [1.165, 1.54) is 117 Å². The lowest BCUT2D eigenvalue weighted by Gasteiger charge is -2.12. The molecule has 8 aromatic rings. The topological polar surface area (TPSA) is 77.3 Å². The van der Waals surface area contributed by atoms with Gasteiger partial charge in [0.05, 0.1) is 44.3 Å². The largest absolute Gasteiger partial charge is 0.252 e. The van der Waals surface area contributed by atoms with E-state index in [4.69, 9.17) is 9.97 Å². The lowest BCUT2D eigenvalue weighted by atomic mass is 9.95. The second-order valence-electron chi connectivity index (χ2n) is 14.3. The Balaban J connectivity index is 0.997. The molecule has 6 nitrogen and oxygen atoms in total. The van der Waals surface area contributed by atoms with E-state index in [2.05, 4.69) is 106 Å². The summed E-state index contributed by atoms with van der Waals surface area (Å²) in [6.07, 6.45) is 16.2. The minimum absolute atomic E-state index is 0.736. The van der Waals surface area contributed by atoms with E-state index >= 15 is 0 Å². The van der Waals surface area contributed by atoms with Gasteiger partial charge >= 0.3 is 0 Å². The molecule has 0 aromatic carbocycles. The van der Waals surface area contributed by atoms with Crippen molar-refractivity contribution in [2.45, 2.75) is 91.9 Å². The molecule has 2 unspecified atom stereocenters. The van der Waals surface area contributed by atoms with Gasteiger partial charge in [-0.05, 0) is 73.2 Å². The average Bonchev–Trinajstić information content (AvgIpc) is 4.07. The summed E-state index contributed by atoms with van der Waals surface area (Å²) >= 11 is 9.76. The van der Waals surface area contributed by atoms with Crippen LogP contribution in [0.1, 0.15) is 99.9 Å². The zero-order valence-electron chi connectivity index (χ0n) is 32.1. The Hall–Kier alpha value is -3.70. The Morgan fingerprint density at radius 2 is 0.875 bits per heavy atom. The van der Waals surface area contributed by atoms with Gasteiger partial charge < -0.3 is 0 Å². The molecule has 2 atom stereocenters. The Kier molecular flexibility index (Phi) is 12.8. The Labute approximate surface area is 353 Å². The van der Waals surface area contributed by atoms with Crippen LogP contribution in [0, 0.1) is 23.7 Å². The third-order valence-corrected chi connectivity index (χ3v) is 16.3. The molecule has 0 amide bonds. The number of thiophene rings is 4. The first kappa shape index (κ1) is 39.1. The normalized spacial score (nSPS) is 12.7. The van der Waals surface area contributed by atoms with Crippen molar-refractivity contribution < 1.29 is 0 Å². The van der Waals surface area contributed by atoms with Crippen LogP contribution >= 0.6 is 68.8 Å². The van der Waals surface area contributed by atoms with Gasteiger partial charge in [0.25, 0.3) is 0 Å². The molecule has 8 rings (SSSR count). The summed E-state index contributed by atoms with van der Waals surface area (Å²) in [5.41, 5.74) is 6.27. The van der Waals surface area contributed by atoms with E-state index in [1.807, 2.05) is 35.1 Å². The molecule has 0 saturated heterocycles. The fourth-order valence-corrected chi connectivity index (χ4v) is 12.7. The predicted molar refractivity (Wildman–Crippen MR) is 244 cm³/mol. The Bertz CT molecular complexity index is 2430. The summed E-state index contributed by atoms with van der Waals surface area (Å²) in [6.45, 7) is 9.20. The van der Waals surface area contributed by atoms with E-state index in [1.54, 1.807) is 22.7 Å². The first-order valence-corrected chi connectivity index (χ1v) is 24.4. The first-order chi connectivity index (χ1) is 27.5. The molecule has 12 heteroatoms. The maximum Gasteiger partial charge on any atom is 0.133 e. The summed E-state index contributed by atoms with van der Waals surface area (Å²) in [6, 6.07) is 17.9. The Morgan fingerprint density at radius 3 is 1.30 bits per heavy atom. The number of fused-ring (bicyclic) bond motifs is 2. The SMILES string of the molecule is CCCCC(CC)Cc1ccc(-c2ccc(-c3ncc(C#Cc4cnc(-c5ccc(-c6ccc(CC(CC)CCCC)s6)s5)c5nsnc45)c4nsnc34)s2)s1. The molecule has 0 bridgehead atoms. The van der Waals surface area contributed by atoms with Crippen LogP contribution in [-0.4, -0.2) is 27.5 Å². The molecular weight excluding hydrogens is 805 g/mol. The lowest BCUT2D eigenvalue weighted by molar-refractivity contribution is 0.452. The van der Waals surface area contributed by atoms with Crippen molar-refractivity contribution in [1.82, 2.24) is 27.5 Å². The zero-order valence-corrected chi connectivity index (χ0v) is 37.0. The highest BCUT2D eigenvalue weighted by Crippen LogP contribution is 2.41. The van der Waals surface area contributed by atoms with Gasteiger partial charge in [-0.1, -0.05) is 90.9 Å². The lowest BCUT2D eigenvalue weighted by Crippen LogP contribution is -2.01.